The van der Waals surface area contributed by atoms with Gasteiger partial charge >= 0.3 is 0 Å². The Morgan fingerprint density at radius 1 is 1.57 bits per heavy atom. The van der Waals surface area contributed by atoms with Crippen LogP contribution in [0.2, 0.25) is 0 Å². The van der Waals surface area contributed by atoms with Gasteiger partial charge in [0.05, 0.1) is 5.60 Å². The highest BCUT2D eigenvalue weighted by Crippen LogP contribution is 2.30. The van der Waals surface area contributed by atoms with Crippen LogP contribution in [-0.4, -0.2) is 36.4 Å². The van der Waals surface area contributed by atoms with Crippen molar-refractivity contribution in [3.63, 3.8) is 0 Å². The third-order valence-corrected chi connectivity index (χ3v) is 2.48. The fraction of sp³-hybridized carbons (Fsp3) is 0.900. The van der Waals surface area contributed by atoms with Crippen LogP contribution >= 0.6 is 0 Å². The number of hydrogen-bond donors (Lipinski definition) is 2. The highest BCUT2D eigenvalue weighted by Gasteiger charge is 2.34. The summed E-state index contributed by atoms with van der Waals surface area (Å²) in [5.41, 5.74) is -0.638. The molecule has 2 N–H and O–H groups in total. The number of ether oxygens (including phenoxy) is 1. The molecule has 0 aromatic heterocycles. The molecule has 0 unspecified atom stereocenters. The first-order valence-electron chi connectivity index (χ1n) is 5.23. The van der Waals surface area contributed by atoms with Gasteiger partial charge < -0.3 is 15.2 Å². The monoisotopic (exact) mass is 201 g/mol. The van der Waals surface area contributed by atoms with Crippen LogP contribution in [0.1, 0.15) is 32.6 Å². The van der Waals surface area contributed by atoms with Crippen molar-refractivity contribution in [2.75, 3.05) is 19.8 Å². The molecule has 1 aliphatic carbocycles. The number of aliphatic hydroxyl groups is 1. The third-order valence-electron chi connectivity index (χ3n) is 2.48. The lowest BCUT2D eigenvalue weighted by Crippen LogP contribution is -2.48. The lowest BCUT2D eigenvalue weighted by molar-refractivity contribution is -0.128. The van der Waals surface area contributed by atoms with Crippen LogP contribution in [-0.2, 0) is 9.53 Å². The lowest BCUT2D eigenvalue weighted by atomic mass is 9.80. The van der Waals surface area contributed by atoms with Crippen molar-refractivity contribution in [1.82, 2.24) is 5.32 Å². The summed E-state index contributed by atoms with van der Waals surface area (Å²) in [7, 11) is 0. The van der Waals surface area contributed by atoms with E-state index in [0.29, 0.717) is 13.2 Å². The van der Waals surface area contributed by atoms with E-state index in [1.807, 2.05) is 6.92 Å². The minimum atomic E-state index is -0.638. The van der Waals surface area contributed by atoms with E-state index in [2.05, 4.69) is 5.32 Å². The summed E-state index contributed by atoms with van der Waals surface area (Å²) >= 11 is 0. The average Bonchev–Trinajstić information content (AvgIpc) is 2.12. The van der Waals surface area contributed by atoms with Gasteiger partial charge in [-0.15, -0.1) is 0 Å². The highest BCUT2D eigenvalue weighted by atomic mass is 16.5. The molecule has 0 saturated heterocycles. The molecule has 4 nitrogen and oxygen atoms in total. The van der Waals surface area contributed by atoms with Gasteiger partial charge in [-0.2, -0.15) is 0 Å². The zero-order chi connectivity index (χ0) is 10.4. The topological polar surface area (TPSA) is 58.6 Å². The van der Waals surface area contributed by atoms with Gasteiger partial charge in [-0.05, 0) is 25.7 Å². The molecule has 1 rings (SSSR count). The fourth-order valence-electron chi connectivity index (χ4n) is 1.39. The molecule has 0 bridgehead atoms. The number of rotatable bonds is 6. The first-order chi connectivity index (χ1) is 6.66. The quantitative estimate of drug-likeness (QED) is 0.613. The van der Waals surface area contributed by atoms with Crippen molar-refractivity contribution >= 4 is 5.91 Å². The van der Waals surface area contributed by atoms with Gasteiger partial charge in [0.1, 0.15) is 6.61 Å². The van der Waals surface area contributed by atoms with Crippen molar-refractivity contribution in [1.29, 1.82) is 0 Å². The van der Waals surface area contributed by atoms with Gasteiger partial charge in [-0.3, -0.25) is 4.79 Å². The van der Waals surface area contributed by atoms with Gasteiger partial charge in [-0.1, -0.05) is 6.92 Å². The number of hydrogen-bond acceptors (Lipinski definition) is 3. The lowest BCUT2D eigenvalue weighted by Gasteiger charge is -2.36. The third kappa shape index (κ3) is 3.64. The van der Waals surface area contributed by atoms with E-state index >= 15 is 0 Å². The second-order valence-electron chi connectivity index (χ2n) is 3.91. The standard InChI is InChI=1S/C10H19NO3/c1-2-6-14-7-9(12)11-8-10(13)4-3-5-10/h13H,2-8H2,1H3,(H,11,12). The van der Waals surface area contributed by atoms with Crippen molar-refractivity contribution in [3.05, 3.63) is 0 Å². The van der Waals surface area contributed by atoms with Crippen molar-refractivity contribution in [2.24, 2.45) is 0 Å². The first-order valence-corrected chi connectivity index (χ1v) is 5.23. The largest absolute Gasteiger partial charge is 0.388 e. The maximum Gasteiger partial charge on any atom is 0.246 e. The molecule has 0 spiro atoms. The van der Waals surface area contributed by atoms with Crippen LogP contribution < -0.4 is 5.32 Å². The number of carbonyl (C=O) groups is 1. The second kappa shape index (κ2) is 5.32. The average molecular weight is 201 g/mol. The molecule has 0 aromatic rings. The summed E-state index contributed by atoms with van der Waals surface area (Å²) in [4.78, 5) is 11.2. The van der Waals surface area contributed by atoms with E-state index in [4.69, 9.17) is 4.74 Å². The predicted molar refractivity (Wildman–Crippen MR) is 52.9 cm³/mol. The SMILES string of the molecule is CCCOCC(=O)NCC1(O)CCC1. The van der Waals surface area contributed by atoms with E-state index in [1.165, 1.54) is 0 Å². The van der Waals surface area contributed by atoms with E-state index < -0.39 is 5.60 Å². The number of carbonyl (C=O) groups excluding carboxylic acids is 1. The Balaban J connectivity index is 2.03. The molecule has 0 radical (unpaired) electrons. The van der Waals surface area contributed by atoms with Crippen molar-refractivity contribution in [2.45, 2.75) is 38.2 Å². The number of nitrogens with one attached hydrogen (secondary N) is 1. The number of amides is 1. The summed E-state index contributed by atoms with van der Waals surface area (Å²) in [5, 5.41) is 12.3. The van der Waals surface area contributed by atoms with Gasteiger partial charge in [0.2, 0.25) is 5.91 Å². The zero-order valence-electron chi connectivity index (χ0n) is 8.71. The minimum absolute atomic E-state index is 0.101. The Hall–Kier alpha value is -0.610. The minimum Gasteiger partial charge on any atom is -0.388 e. The molecule has 0 aromatic carbocycles. The van der Waals surface area contributed by atoms with Crippen LogP contribution in [0, 0.1) is 0 Å². The Morgan fingerprint density at radius 3 is 2.79 bits per heavy atom. The van der Waals surface area contributed by atoms with E-state index in [0.717, 1.165) is 25.7 Å². The molecule has 14 heavy (non-hydrogen) atoms. The van der Waals surface area contributed by atoms with Gasteiger partial charge in [0.25, 0.3) is 0 Å². The zero-order valence-corrected chi connectivity index (χ0v) is 8.71. The van der Waals surface area contributed by atoms with Crippen LogP contribution in [0.5, 0.6) is 0 Å². The van der Waals surface area contributed by atoms with Crippen molar-refractivity contribution in [3.8, 4) is 0 Å². The van der Waals surface area contributed by atoms with Crippen LogP contribution in [0.15, 0.2) is 0 Å². The fourth-order valence-corrected chi connectivity index (χ4v) is 1.39. The van der Waals surface area contributed by atoms with Crippen LogP contribution in [0.3, 0.4) is 0 Å². The Morgan fingerprint density at radius 2 is 2.29 bits per heavy atom. The second-order valence-corrected chi connectivity index (χ2v) is 3.91. The first kappa shape index (κ1) is 11.5. The maximum absolute atomic E-state index is 11.2. The summed E-state index contributed by atoms with van der Waals surface area (Å²) in [6, 6.07) is 0. The molecule has 0 atom stereocenters. The van der Waals surface area contributed by atoms with Crippen LogP contribution in [0.4, 0.5) is 0 Å². The van der Waals surface area contributed by atoms with E-state index in [1.54, 1.807) is 0 Å². The Kier molecular flexibility index (Phi) is 4.35. The predicted octanol–water partition coefficient (Wildman–Crippen LogP) is 0.444. The molecule has 82 valence electrons. The molecular weight excluding hydrogens is 182 g/mol. The van der Waals surface area contributed by atoms with Crippen LogP contribution in [0.25, 0.3) is 0 Å². The molecule has 4 heteroatoms. The molecule has 1 fully saturated rings. The molecule has 0 heterocycles. The molecule has 1 amide bonds. The molecule has 1 saturated carbocycles. The highest BCUT2D eigenvalue weighted by molar-refractivity contribution is 5.77. The van der Waals surface area contributed by atoms with E-state index in [9.17, 15) is 9.90 Å². The summed E-state index contributed by atoms with van der Waals surface area (Å²) < 4.78 is 5.07. The maximum atomic E-state index is 11.2. The van der Waals surface area contributed by atoms with Gasteiger partial charge in [0, 0.05) is 13.2 Å². The van der Waals surface area contributed by atoms with E-state index in [-0.39, 0.29) is 12.5 Å². The Labute approximate surface area is 84.6 Å². The van der Waals surface area contributed by atoms with Crippen molar-refractivity contribution < 1.29 is 14.6 Å². The molecule has 0 aliphatic heterocycles. The smallest absolute Gasteiger partial charge is 0.246 e. The summed E-state index contributed by atoms with van der Waals surface area (Å²) in [6.45, 7) is 3.07. The van der Waals surface area contributed by atoms with Gasteiger partial charge in [0.15, 0.2) is 0 Å². The molecular formula is C10H19NO3. The molecule has 1 aliphatic rings. The summed E-state index contributed by atoms with van der Waals surface area (Å²) in [5.74, 6) is -0.140. The summed E-state index contributed by atoms with van der Waals surface area (Å²) in [6.07, 6.45) is 3.56. The normalized spacial score (nSPS) is 18.7. The Bertz CT molecular complexity index is 190. The van der Waals surface area contributed by atoms with Gasteiger partial charge in [-0.25, -0.2) is 0 Å².